The van der Waals surface area contributed by atoms with E-state index in [1.807, 2.05) is 11.9 Å². The molecule has 13 heteroatoms. The Morgan fingerprint density at radius 3 is 2.52 bits per heavy atom. The molecule has 0 aliphatic carbocycles. The molecular formula is C18H35N2O9PS. The zero-order valence-corrected chi connectivity index (χ0v) is 19.9. The van der Waals surface area contributed by atoms with Crippen molar-refractivity contribution in [1.29, 1.82) is 0 Å². The molecule has 2 fully saturated rings. The number of carbonyl (C=O) groups is 1. The molecule has 2 saturated heterocycles. The van der Waals surface area contributed by atoms with E-state index in [1.165, 1.54) is 6.92 Å². The molecule has 0 radical (unpaired) electrons. The molecular weight excluding hydrogens is 451 g/mol. The van der Waals surface area contributed by atoms with Crippen LogP contribution >= 0.6 is 19.6 Å². The number of thioether (sulfide) groups is 1. The minimum absolute atomic E-state index is 0.313. The van der Waals surface area contributed by atoms with Crippen molar-refractivity contribution in [1.82, 2.24) is 10.2 Å². The number of likely N-dealkylation sites (N-methyl/N-ethyl adjacent to an activating group) is 1. The third-order valence-electron chi connectivity index (χ3n) is 5.89. The molecule has 0 aromatic rings. The van der Waals surface area contributed by atoms with Gasteiger partial charge in [0.05, 0.1) is 18.2 Å². The van der Waals surface area contributed by atoms with Crippen LogP contribution in [0.5, 0.6) is 0 Å². The highest BCUT2D eigenvalue weighted by atomic mass is 32.2. The quantitative estimate of drug-likeness (QED) is 0.227. The van der Waals surface area contributed by atoms with Crippen LogP contribution in [-0.2, 0) is 18.6 Å². The maximum absolute atomic E-state index is 13.0. The van der Waals surface area contributed by atoms with Gasteiger partial charge in [-0.2, -0.15) is 0 Å². The second-order valence-corrected chi connectivity index (χ2v) is 10.5. The summed E-state index contributed by atoms with van der Waals surface area (Å²) in [6.07, 6.45) is -2.90. The van der Waals surface area contributed by atoms with Crippen LogP contribution in [0.15, 0.2) is 0 Å². The van der Waals surface area contributed by atoms with E-state index in [2.05, 4.69) is 16.8 Å². The lowest BCUT2D eigenvalue weighted by atomic mass is 9.92. The molecule has 0 saturated carbocycles. The number of likely N-dealkylation sites (tertiary alicyclic amines) is 1. The maximum atomic E-state index is 13.0. The zero-order valence-electron chi connectivity index (χ0n) is 18.2. The second-order valence-electron chi connectivity index (χ2n) is 8.37. The van der Waals surface area contributed by atoms with Gasteiger partial charge in [0.1, 0.15) is 29.9 Å². The minimum Gasteiger partial charge on any atom is -0.391 e. The Labute approximate surface area is 186 Å². The molecule has 1 amide bonds. The van der Waals surface area contributed by atoms with Gasteiger partial charge in [-0.05, 0) is 39.0 Å². The van der Waals surface area contributed by atoms with Crippen LogP contribution in [0.3, 0.4) is 0 Å². The van der Waals surface area contributed by atoms with Crippen LogP contribution in [-0.4, -0.2) is 104 Å². The summed E-state index contributed by atoms with van der Waals surface area (Å²) in [6.45, 7) is 4.32. The van der Waals surface area contributed by atoms with Crippen molar-refractivity contribution < 1.29 is 43.7 Å². The molecule has 2 aliphatic heterocycles. The van der Waals surface area contributed by atoms with Crippen molar-refractivity contribution in [3.63, 3.8) is 0 Å². The van der Waals surface area contributed by atoms with E-state index in [4.69, 9.17) is 14.5 Å². The Morgan fingerprint density at radius 2 is 2.00 bits per heavy atom. The number of carbonyl (C=O) groups excluding carboxylic acids is 1. The van der Waals surface area contributed by atoms with E-state index in [1.54, 1.807) is 6.26 Å². The van der Waals surface area contributed by atoms with E-state index in [9.17, 15) is 24.7 Å². The van der Waals surface area contributed by atoms with Crippen molar-refractivity contribution in [3.05, 3.63) is 0 Å². The Hall–Kier alpha value is -0.270. The van der Waals surface area contributed by atoms with Gasteiger partial charge in [0.15, 0.2) is 0 Å². The van der Waals surface area contributed by atoms with Gasteiger partial charge in [0, 0.05) is 6.54 Å². The van der Waals surface area contributed by atoms with Crippen molar-refractivity contribution in [2.24, 2.45) is 5.92 Å². The molecule has 9 atom stereocenters. The number of rotatable bonds is 9. The molecule has 0 bridgehead atoms. The van der Waals surface area contributed by atoms with Crippen LogP contribution in [0.25, 0.3) is 0 Å². The number of hydrogen-bond acceptors (Lipinski definition) is 9. The molecule has 0 spiro atoms. The van der Waals surface area contributed by atoms with Crippen molar-refractivity contribution in [2.45, 2.75) is 81.1 Å². The maximum Gasteiger partial charge on any atom is 0.470 e. The average molecular weight is 487 g/mol. The topological polar surface area (TPSA) is 169 Å². The van der Waals surface area contributed by atoms with Gasteiger partial charge < -0.3 is 35.2 Å². The molecule has 2 aliphatic rings. The number of aliphatic hydroxyl groups excluding tert-OH is 3. The Bertz CT molecular complexity index is 650. The first-order chi connectivity index (χ1) is 14.4. The number of nitrogens with one attached hydrogen (secondary N) is 1. The molecule has 11 nitrogen and oxygen atoms in total. The third kappa shape index (κ3) is 6.86. The standard InChI is InChI=1S/C18H35N2O9PS/c1-5-6-10-7-11(20(3)8-10)17(24)19-12(9(2)21)15-13(22)14(23)16(18(28-15)31-4)29-30(25,26)27/h9-16,18,21-23H,5-8H2,1-4H3,(H,19,24)(H2,25,26,27)/t9-,10+,11-,12-,13-,14?,15-,16?,18-/m1/s1. The molecule has 2 heterocycles. The molecule has 2 rings (SSSR count). The van der Waals surface area contributed by atoms with E-state index >= 15 is 0 Å². The van der Waals surface area contributed by atoms with Gasteiger partial charge >= 0.3 is 7.82 Å². The van der Waals surface area contributed by atoms with Gasteiger partial charge in [-0.3, -0.25) is 14.2 Å². The number of nitrogens with zero attached hydrogens (tertiary/aromatic N) is 1. The van der Waals surface area contributed by atoms with Crippen LogP contribution in [0, 0.1) is 5.92 Å². The first-order valence-electron chi connectivity index (χ1n) is 10.4. The van der Waals surface area contributed by atoms with Gasteiger partial charge in [0.2, 0.25) is 5.91 Å². The lowest BCUT2D eigenvalue weighted by Crippen LogP contribution is -2.66. The highest BCUT2D eigenvalue weighted by molar-refractivity contribution is 7.99. The van der Waals surface area contributed by atoms with Gasteiger partial charge in [-0.1, -0.05) is 13.3 Å². The summed E-state index contributed by atoms with van der Waals surface area (Å²) >= 11 is 1.02. The highest BCUT2D eigenvalue weighted by Gasteiger charge is 2.51. The summed E-state index contributed by atoms with van der Waals surface area (Å²) < 4.78 is 21.6. The number of amides is 1. The highest BCUT2D eigenvalue weighted by Crippen LogP contribution is 2.43. The predicted octanol–water partition coefficient (Wildman–Crippen LogP) is -0.740. The lowest BCUT2D eigenvalue weighted by molar-refractivity contribution is -0.207. The average Bonchev–Trinajstić information content (AvgIpc) is 3.03. The van der Waals surface area contributed by atoms with Crippen molar-refractivity contribution >= 4 is 25.5 Å². The van der Waals surface area contributed by atoms with Crippen LogP contribution in [0.4, 0.5) is 0 Å². The lowest BCUT2D eigenvalue weighted by Gasteiger charge is -2.45. The van der Waals surface area contributed by atoms with E-state index in [0.29, 0.717) is 12.3 Å². The van der Waals surface area contributed by atoms with Crippen LogP contribution in [0.2, 0.25) is 0 Å². The molecule has 182 valence electrons. The fraction of sp³-hybridized carbons (Fsp3) is 0.944. The summed E-state index contributed by atoms with van der Waals surface area (Å²) in [6, 6.07) is -1.44. The van der Waals surface area contributed by atoms with Crippen LogP contribution in [0.1, 0.15) is 33.1 Å². The number of phosphoric acid groups is 1. The first kappa shape index (κ1) is 27.0. The normalized spacial score (nSPS) is 36.9. The Kier molecular flexibility index (Phi) is 9.78. The third-order valence-corrected chi connectivity index (χ3v) is 7.25. The molecule has 6 N–H and O–H groups in total. The summed E-state index contributed by atoms with van der Waals surface area (Å²) in [5.74, 6) is 0.0899. The molecule has 0 aromatic carbocycles. The van der Waals surface area contributed by atoms with Crippen molar-refractivity contribution in [3.8, 4) is 0 Å². The molecule has 31 heavy (non-hydrogen) atoms. The number of aliphatic hydroxyl groups is 3. The van der Waals surface area contributed by atoms with E-state index in [0.717, 1.165) is 31.1 Å². The number of hydrogen-bond donors (Lipinski definition) is 6. The van der Waals surface area contributed by atoms with Gasteiger partial charge in [0.25, 0.3) is 0 Å². The minimum atomic E-state index is -4.96. The summed E-state index contributed by atoms with van der Waals surface area (Å²) in [7, 11) is -3.09. The predicted molar refractivity (Wildman–Crippen MR) is 114 cm³/mol. The SMILES string of the molecule is CCC[C@H]1C[C@H](C(=O)N[C@@H]([C@H]2O[C@H](SC)C(OP(=O)(O)O)C(O)[C@H]2O)[C@@H](C)O)N(C)C1. The van der Waals surface area contributed by atoms with Crippen molar-refractivity contribution in [2.75, 3.05) is 19.8 Å². The van der Waals surface area contributed by atoms with Gasteiger partial charge in [-0.25, -0.2) is 4.57 Å². The van der Waals surface area contributed by atoms with E-state index < -0.39 is 49.8 Å². The summed E-state index contributed by atoms with van der Waals surface area (Å²) in [5, 5.41) is 34.1. The number of phosphoric ester groups is 1. The smallest absolute Gasteiger partial charge is 0.391 e. The fourth-order valence-corrected chi connectivity index (χ4v) is 5.75. The second kappa shape index (κ2) is 11.2. The number of ether oxygens (including phenoxy) is 1. The largest absolute Gasteiger partial charge is 0.470 e. The molecule has 0 aromatic heterocycles. The van der Waals surface area contributed by atoms with Crippen LogP contribution < -0.4 is 5.32 Å². The summed E-state index contributed by atoms with van der Waals surface area (Å²) in [5.41, 5.74) is -1.04. The van der Waals surface area contributed by atoms with Gasteiger partial charge in [-0.15, -0.1) is 11.8 Å². The first-order valence-corrected chi connectivity index (χ1v) is 13.2. The Balaban J connectivity index is 2.15. The zero-order chi connectivity index (χ0) is 23.5. The monoisotopic (exact) mass is 486 g/mol. The summed E-state index contributed by atoms with van der Waals surface area (Å²) in [4.78, 5) is 33.1. The van der Waals surface area contributed by atoms with E-state index in [-0.39, 0.29) is 11.9 Å². The fourth-order valence-electron chi connectivity index (χ4n) is 4.39. The Morgan fingerprint density at radius 1 is 1.35 bits per heavy atom. The molecule has 2 unspecified atom stereocenters.